The molecule has 0 radical (unpaired) electrons. The molecule has 0 aromatic carbocycles. The van der Waals surface area contributed by atoms with Crippen LogP contribution in [0.3, 0.4) is 0 Å². The van der Waals surface area contributed by atoms with Crippen molar-refractivity contribution in [2.75, 3.05) is 12.3 Å². The highest BCUT2D eigenvalue weighted by Gasteiger charge is 2.42. The van der Waals surface area contributed by atoms with Gasteiger partial charge in [0.15, 0.2) is 0 Å². The molecule has 0 unspecified atom stereocenters. The molecule has 0 saturated carbocycles. The molecule has 2 heterocycles. The zero-order valence-corrected chi connectivity index (χ0v) is 8.87. The van der Waals surface area contributed by atoms with E-state index in [1.165, 1.54) is 6.20 Å². The van der Waals surface area contributed by atoms with E-state index in [4.69, 9.17) is 10.8 Å². The number of nitrogens with one attached hydrogen (secondary N) is 2. The molecule has 1 aromatic heterocycles. The van der Waals surface area contributed by atoms with Crippen LogP contribution in [0.4, 0.5) is 5.82 Å². The Balaban J connectivity index is 2.32. The lowest BCUT2D eigenvalue weighted by Crippen LogP contribution is -2.35. The predicted octanol–water partition coefficient (Wildman–Crippen LogP) is -2.92. The molecule has 1 aliphatic heterocycles. The van der Waals surface area contributed by atoms with Crippen molar-refractivity contribution in [3.8, 4) is 0 Å². The molecule has 1 aromatic rings. The third kappa shape index (κ3) is 2.03. The van der Waals surface area contributed by atoms with Crippen LogP contribution in [0.2, 0.25) is 0 Å². The number of aliphatic hydroxyl groups excluding tert-OH is 3. The van der Waals surface area contributed by atoms with Crippen molar-refractivity contribution < 1.29 is 15.3 Å². The smallest absolute Gasteiger partial charge is 0.346 e. The standard InChI is InChI=1S/C9H14N4O4/c10-8-3(1-11-9(17)13-8)5-7(16)6(15)4(2-14)12-5/h1,4-7,12,14-16H,2H2,(H3,10,11,13,17)/t4-,5+,6-,7+/m1/s1. The molecule has 0 bridgehead atoms. The lowest BCUT2D eigenvalue weighted by molar-refractivity contribution is 0.0194. The van der Waals surface area contributed by atoms with Crippen molar-refractivity contribution in [1.82, 2.24) is 15.3 Å². The molecule has 17 heavy (non-hydrogen) atoms. The Hall–Kier alpha value is -1.48. The summed E-state index contributed by atoms with van der Waals surface area (Å²) in [6.07, 6.45) is -0.986. The van der Waals surface area contributed by atoms with Gasteiger partial charge in [0.25, 0.3) is 0 Å². The van der Waals surface area contributed by atoms with Gasteiger partial charge in [-0.2, -0.15) is 0 Å². The van der Waals surface area contributed by atoms with Gasteiger partial charge in [-0.05, 0) is 0 Å². The zero-order chi connectivity index (χ0) is 12.6. The Morgan fingerprint density at radius 1 is 1.41 bits per heavy atom. The van der Waals surface area contributed by atoms with Crippen molar-refractivity contribution in [2.45, 2.75) is 24.3 Å². The van der Waals surface area contributed by atoms with Gasteiger partial charge in [-0.15, -0.1) is 0 Å². The van der Waals surface area contributed by atoms with E-state index >= 15 is 0 Å². The summed E-state index contributed by atoms with van der Waals surface area (Å²) in [4.78, 5) is 16.7. The van der Waals surface area contributed by atoms with Gasteiger partial charge in [0, 0.05) is 11.8 Å². The summed E-state index contributed by atoms with van der Waals surface area (Å²) in [5.74, 6) is 0.0762. The first-order valence-electron chi connectivity index (χ1n) is 5.12. The molecule has 7 N–H and O–H groups in total. The van der Waals surface area contributed by atoms with Gasteiger partial charge >= 0.3 is 5.69 Å². The van der Waals surface area contributed by atoms with Crippen molar-refractivity contribution >= 4 is 5.82 Å². The van der Waals surface area contributed by atoms with E-state index in [-0.39, 0.29) is 12.4 Å². The van der Waals surface area contributed by atoms with E-state index in [2.05, 4.69) is 15.3 Å². The SMILES string of the molecule is Nc1[nH]c(=O)ncc1[C@@H]1N[C@H](CO)[C@@H](O)[C@H]1O. The third-order valence-electron chi connectivity index (χ3n) is 2.90. The number of anilines is 1. The fraction of sp³-hybridized carbons (Fsp3) is 0.556. The van der Waals surface area contributed by atoms with Crippen molar-refractivity contribution in [2.24, 2.45) is 0 Å². The number of hydrogen-bond acceptors (Lipinski definition) is 7. The maximum absolute atomic E-state index is 10.9. The number of H-pyrrole nitrogens is 1. The number of nitrogens with zero attached hydrogens (tertiary/aromatic N) is 1. The zero-order valence-electron chi connectivity index (χ0n) is 8.87. The molecule has 8 nitrogen and oxygen atoms in total. The van der Waals surface area contributed by atoms with E-state index in [9.17, 15) is 15.0 Å². The topological polar surface area (TPSA) is 144 Å². The van der Waals surface area contributed by atoms with Gasteiger partial charge in [0.05, 0.1) is 24.8 Å². The Kier molecular flexibility index (Phi) is 3.11. The fourth-order valence-corrected chi connectivity index (χ4v) is 1.96. The fourth-order valence-electron chi connectivity index (χ4n) is 1.96. The summed E-state index contributed by atoms with van der Waals surface area (Å²) in [5, 5.41) is 31.3. The van der Waals surface area contributed by atoms with Gasteiger partial charge in [0.1, 0.15) is 11.9 Å². The number of aromatic nitrogens is 2. The molecule has 94 valence electrons. The number of aliphatic hydroxyl groups is 3. The average Bonchev–Trinajstić information content (AvgIpc) is 2.57. The second-order valence-electron chi connectivity index (χ2n) is 3.97. The minimum atomic E-state index is -1.12. The van der Waals surface area contributed by atoms with Gasteiger partial charge in [-0.25, -0.2) is 9.78 Å². The van der Waals surface area contributed by atoms with Crippen LogP contribution < -0.4 is 16.7 Å². The first-order valence-corrected chi connectivity index (χ1v) is 5.12. The van der Waals surface area contributed by atoms with Gasteiger partial charge in [-0.1, -0.05) is 0 Å². The minimum absolute atomic E-state index is 0.0762. The summed E-state index contributed by atoms with van der Waals surface area (Å²) in [5.41, 5.74) is 5.40. The largest absolute Gasteiger partial charge is 0.395 e. The predicted molar refractivity (Wildman–Crippen MR) is 58.0 cm³/mol. The Bertz CT molecular complexity index is 463. The summed E-state index contributed by atoms with van der Waals surface area (Å²) in [6.45, 7) is -0.314. The lowest BCUT2D eigenvalue weighted by atomic mass is 10.0. The average molecular weight is 242 g/mol. The summed E-state index contributed by atoms with van der Waals surface area (Å²) in [7, 11) is 0. The molecule has 1 fully saturated rings. The number of rotatable bonds is 2. The Labute approximate surface area is 96.1 Å². The second kappa shape index (κ2) is 4.41. The molecular weight excluding hydrogens is 228 g/mol. The Morgan fingerprint density at radius 3 is 2.65 bits per heavy atom. The number of aromatic amines is 1. The molecule has 8 heteroatoms. The van der Waals surface area contributed by atoms with Gasteiger partial charge in [0.2, 0.25) is 0 Å². The first-order chi connectivity index (χ1) is 8.04. The van der Waals surface area contributed by atoms with Crippen molar-refractivity contribution in [3.63, 3.8) is 0 Å². The molecule has 0 spiro atoms. The minimum Gasteiger partial charge on any atom is -0.395 e. The van der Waals surface area contributed by atoms with E-state index in [1.54, 1.807) is 0 Å². The summed E-state index contributed by atoms with van der Waals surface area (Å²) < 4.78 is 0. The Morgan fingerprint density at radius 2 is 2.12 bits per heavy atom. The number of nitrogen functional groups attached to an aromatic ring is 1. The highest BCUT2D eigenvalue weighted by atomic mass is 16.3. The molecule has 1 aliphatic rings. The number of hydrogen-bond donors (Lipinski definition) is 6. The summed E-state index contributed by atoms with van der Waals surface area (Å²) >= 11 is 0. The lowest BCUT2D eigenvalue weighted by Gasteiger charge is -2.16. The van der Waals surface area contributed by atoms with Gasteiger partial charge < -0.3 is 26.4 Å². The second-order valence-corrected chi connectivity index (χ2v) is 3.97. The molecule has 4 atom stereocenters. The summed E-state index contributed by atoms with van der Waals surface area (Å²) in [6, 6.07) is -1.31. The van der Waals surface area contributed by atoms with Crippen LogP contribution in [0.15, 0.2) is 11.0 Å². The van der Waals surface area contributed by atoms with Crippen molar-refractivity contribution in [3.05, 3.63) is 22.2 Å². The van der Waals surface area contributed by atoms with E-state index in [0.717, 1.165) is 0 Å². The van der Waals surface area contributed by atoms with Crippen molar-refractivity contribution in [1.29, 1.82) is 0 Å². The normalized spacial score (nSPS) is 32.9. The quantitative estimate of drug-likeness (QED) is 0.326. The molecule has 0 aliphatic carbocycles. The maximum atomic E-state index is 10.9. The molecule has 1 saturated heterocycles. The molecular formula is C9H14N4O4. The van der Waals surface area contributed by atoms with E-state index in [1.807, 2.05) is 0 Å². The molecule has 2 rings (SSSR count). The maximum Gasteiger partial charge on any atom is 0.346 e. The third-order valence-corrected chi connectivity index (χ3v) is 2.90. The monoisotopic (exact) mass is 242 g/mol. The highest BCUT2D eigenvalue weighted by molar-refractivity contribution is 5.40. The molecule has 0 amide bonds. The van der Waals surface area contributed by atoms with Crippen LogP contribution in [0, 0.1) is 0 Å². The van der Waals surface area contributed by atoms with E-state index < -0.39 is 30.0 Å². The van der Waals surface area contributed by atoms with Crippen LogP contribution in [-0.2, 0) is 0 Å². The van der Waals surface area contributed by atoms with Crippen LogP contribution in [0.5, 0.6) is 0 Å². The number of nitrogens with two attached hydrogens (primary N) is 1. The van der Waals surface area contributed by atoms with Gasteiger partial charge in [-0.3, -0.25) is 4.98 Å². The highest BCUT2D eigenvalue weighted by Crippen LogP contribution is 2.28. The first kappa shape index (κ1) is 12.0. The van der Waals surface area contributed by atoms with Crippen LogP contribution in [-0.4, -0.2) is 50.1 Å². The van der Waals surface area contributed by atoms with Crippen LogP contribution >= 0.6 is 0 Å². The van der Waals surface area contributed by atoms with E-state index in [0.29, 0.717) is 5.56 Å². The van der Waals surface area contributed by atoms with Crippen LogP contribution in [0.1, 0.15) is 11.6 Å². The van der Waals surface area contributed by atoms with Crippen LogP contribution in [0.25, 0.3) is 0 Å².